The topological polar surface area (TPSA) is 54.8 Å². The summed E-state index contributed by atoms with van der Waals surface area (Å²) in [5.74, 6) is 1.26. The molecule has 0 radical (unpaired) electrons. The molecule has 5 nitrogen and oxygen atoms in total. The van der Waals surface area contributed by atoms with Crippen LogP contribution in [0.25, 0.3) is 0 Å². The molecule has 0 aromatic carbocycles. The fraction of sp³-hybridized carbons (Fsp3) is 0.500. The van der Waals surface area contributed by atoms with Crippen LogP contribution in [-0.4, -0.2) is 33.0 Å². The third-order valence-corrected chi connectivity index (χ3v) is 3.87. The van der Waals surface area contributed by atoms with E-state index >= 15 is 0 Å². The summed E-state index contributed by atoms with van der Waals surface area (Å²) in [5.41, 5.74) is 4.11. The number of aromatic nitrogens is 4. The van der Waals surface area contributed by atoms with Crippen LogP contribution in [0.1, 0.15) is 41.5 Å². The Bertz CT molecular complexity index is 620. The first-order valence-corrected chi connectivity index (χ1v) is 7.47. The average Bonchev–Trinajstić information content (AvgIpc) is 2.46. The highest BCUT2D eigenvalue weighted by Crippen LogP contribution is 2.27. The molecule has 1 aliphatic heterocycles. The molecule has 1 fully saturated rings. The van der Waals surface area contributed by atoms with Crippen LogP contribution in [0.5, 0.6) is 0 Å². The van der Waals surface area contributed by atoms with Crippen LogP contribution in [0.3, 0.4) is 0 Å². The second-order valence-electron chi connectivity index (χ2n) is 5.82. The summed E-state index contributed by atoms with van der Waals surface area (Å²) in [7, 11) is 0. The third kappa shape index (κ3) is 3.17. The lowest BCUT2D eigenvalue weighted by Gasteiger charge is -2.32. The van der Waals surface area contributed by atoms with E-state index in [-0.39, 0.29) is 0 Å². The van der Waals surface area contributed by atoms with E-state index in [2.05, 4.69) is 24.8 Å². The second-order valence-corrected chi connectivity index (χ2v) is 5.82. The van der Waals surface area contributed by atoms with Crippen molar-refractivity contribution in [3.05, 3.63) is 41.2 Å². The van der Waals surface area contributed by atoms with Gasteiger partial charge in [0.2, 0.25) is 5.95 Å². The fourth-order valence-corrected chi connectivity index (χ4v) is 2.93. The lowest BCUT2D eigenvalue weighted by atomic mass is 9.95. The molecule has 0 bridgehead atoms. The first kappa shape index (κ1) is 13.9. The molecule has 3 heterocycles. The van der Waals surface area contributed by atoms with Gasteiger partial charge in [-0.1, -0.05) is 0 Å². The van der Waals surface area contributed by atoms with E-state index in [4.69, 9.17) is 0 Å². The molecule has 1 atom stereocenters. The normalized spacial score (nSPS) is 18.8. The van der Waals surface area contributed by atoms with Crippen molar-refractivity contribution in [1.29, 1.82) is 0 Å². The Labute approximate surface area is 125 Å². The summed E-state index contributed by atoms with van der Waals surface area (Å²) in [6.07, 6.45) is 5.98. The molecule has 0 unspecified atom stereocenters. The lowest BCUT2D eigenvalue weighted by Crippen LogP contribution is -2.36. The van der Waals surface area contributed by atoms with Gasteiger partial charge < -0.3 is 4.90 Å². The van der Waals surface area contributed by atoms with Gasteiger partial charge in [0.05, 0.1) is 11.4 Å². The standard InChI is InChI=1S/C16H21N5/c1-11-7-12(2)20-16(19-11)21-6-4-5-14(10-21)15-9-17-8-13(3)18-15/h7-9,14H,4-6,10H2,1-3H3/t14-/m0/s1. The maximum Gasteiger partial charge on any atom is 0.225 e. The molecule has 3 rings (SSSR count). The van der Waals surface area contributed by atoms with Crippen LogP contribution in [0.4, 0.5) is 5.95 Å². The van der Waals surface area contributed by atoms with E-state index in [1.165, 1.54) is 0 Å². The number of hydrogen-bond acceptors (Lipinski definition) is 5. The summed E-state index contributed by atoms with van der Waals surface area (Å²) in [5, 5.41) is 0. The lowest BCUT2D eigenvalue weighted by molar-refractivity contribution is 0.492. The number of aryl methyl sites for hydroxylation is 3. The summed E-state index contributed by atoms with van der Waals surface area (Å²) in [4.78, 5) is 20.3. The largest absolute Gasteiger partial charge is 0.340 e. The SMILES string of the molecule is Cc1cncc([C@H]2CCCN(c3nc(C)cc(C)n3)C2)n1. The van der Waals surface area contributed by atoms with Crippen molar-refractivity contribution in [2.45, 2.75) is 39.5 Å². The molecular weight excluding hydrogens is 262 g/mol. The Morgan fingerprint density at radius 2 is 1.76 bits per heavy atom. The maximum atomic E-state index is 4.63. The van der Waals surface area contributed by atoms with Gasteiger partial charge in [-0.05, 0) is 39.7 Å². The molecule has 1 saturated heterocycles. The molecule has 5 heteroatoms. The maximum absolute atomic E-state index is 4.63. The molecule has 0 spiro atoms. The number of anilines is 1. The van der Waals surface area contributed by atoms with Crippen molar-refractivity contribution < 1.29 is 0 Å². The monoisotopic (exact) mass is 283 g/mol. The molecule has 21 heavy (non-hydrogen) atoms. The minimum atomic E-state index is 0.413. The number of rotatable bonds is 2. The number of hydrogen-bond donors (Lipinski definition) is 0. The van der Waals surface area contributed by atoms with Gasteiger partial charge in [-0.15, -0.1) is 0 Å². The van der Waals surface area contributed by atoms with Crippen LogP contribution in [0.15, 0.2) is 18.5 Å². The average molecular weight is 283 g/mol. The Balaban J connectivity index is 1.82. The van der Waals surface area contributed by atoms with Crippen LogP contribution < -0.4 is 4.90 Å². The number of nitrogens with zero attached hydrogens (tertiary/aromatic N) is 5. The van der Waals surface area contributed by atoms with Crippen molar-refractivity contribution in [3.63, 3.8) is 0 Å². The van der Waals surface area contributed by atoms with Gasteiger partial charge in [0.25, 0.3) is 0 Å². The Kier molecular flexibility index (Phi) is 3.82. The molecule has 2 aromatic heterocycles. The van der Waals surface area contributed by atoms with E-state index in [9.17, 15) is 0 Å². The Morgan fingerprint density at radius 1 is 1.00 bits per heavy atom. The Morgan fingerprint density at radius 3 is 2.48 bits per heavy atom. The molecular formula is C16H21N5. The van der Waals surface area contributed by atoms with Crippen molar-refractivity contribution in [2.75, 3.05) is 18.0 Å². The van der Waals surface area contributed by atoms with Gasteiger partial charge in [0.1, 0.15) is 0 Å². The van der Waals surface area contributed by atoms with E-state index in [0.717, 1.165) is 54.7 Å². The molecule has 2 aromatic rings. The van der Waals surface area contributed by atoms with Crippen LogP contribution in [-0.2, 0) is 0 Å². The van der Waals surface area contributed by atoms with Gasteiger partial charge >= 0.3 is 0 Å². The summed E-state index contributed by atoms with van der Waals surface area (Å²) < 4.78 is 0. The minimum Gasteiger partial charge on any atom is -0.340 e. The van der Waals surface area contributed by atoms with Crippen LogP contribution in [0.2, 0.25) is 0 Å². The zero-order valence-electron chi connectivity index (χ0n) is 12.9. The zero-order valence-corrected chi connectivity index (χ0v) is 12.9. The van der Waals surface area contributed by atoms with Gasteiger partial charge in [0.15, 0.2) is 0 Å². The minimum absolute atomic E-state index is 0.413. The van der Waals surface area contributed by atoms with E-state index in [1.807, 2.05) is 33.0 Å². The van der Waals surface area contributed by atoms with E-state index in [0.29, 0.717) is 5.92 Å². The first-order chi connectivity index (χ1) is 10.1. The Hall–Kier alpha value is -2.04. The predicted molar refractivity (Wildman–Crippen MR) is 82.5 cm³/mol. The van der Waals surface area contributed by atoms with Gasteiger partial charge in [-0.3, -0.25) is 9.97 Å². The zero-order chi connectivity index (χ0) is 14.8. The summed E-state index contributed by atoms with van der Waals surface area (Å²) in [6, 6.07) is 2.01. The fourth-order valence-electron chi connectivity index (χ4n) is 2.93. The van der Waals surface area contributed by atoms with Crippen molar-refractivity contribution in [3.8, 4) is 0 Å². The first-order valence-electron chi connectivity index (χ1n) is 7.47. The summed E-state index contributed by atoms with van der Waals surface area (Å²) in [6.45, 7) is 7.96. The quantitative estimate of drug-likeness (QED) is 0.848. The van der Waals surface area contributed by atoms with Crippen LogP contribution in [0, 0.1) is 20.8 Å². The molecule has 0 amide bonds. The second kappa shape index (κ2) is 5.76. The highest BCUT2D eigenvalue weighted by atomic mass is 15.3. The van der Waals surface area contributed by atoms with Crippen LogP contribution >= 0.6 is 0 Å². The van der Waals surface area contributed by atoms with E-state index < -0.39 is 0 Å². The summed E-state index contributed by atoms with van der Waals surface area (Å²) >= 11 is 0. The molecule has 1 aliphatic rings. The molecule has 0 aliphatic carbocycles. The van der Waals surface area contributed by atoms with Gasteiger partial charge in [-0.2, -0.15) is 0 Å². The predicted octanol–water partition coefficient (Wildman–Crippen LogP) is 2.58. The third-order valence-electron chi connectivity index (χ3n) is 3.87. The van der Waals surface area contributed by atoms with Crippen molar-refractivity contribution in [2.24, 2.45) is 0 Å². The van der Waals surface area contributed by atoms with Crippen molar-refractivity contribution in [1.82, 2.24) is 19.9 Å². The van der Waals surface area contributed by atoms with E-state index in [1.54, 1.807) is 6.20 Å². The smallest absolute Gasteiger partial charge is 0.225 e. The number of piperidine rings is 1. The van der Waals surface area contributed by atoms with Crippen molar-refractivity contribution >= 4 is 5.95 Å². The van der Waals surface area contributed by atoms with Gasteiger partial charge in [-0.25, -0.2) is 9.97 Å². The van der Waals surface area contributed by atoms with Gasteiger partial charge in [0, 0.05) is 42.8 Å². The molecule has 0 N–H and O–H groups in total. The molecule has 110 valence electrons. The highest BCUT2D eigenvalue weighted by molar-refractivity contribution is 5.34. The highest BCUT2D eigenvalue weighted by Gasteiger charge is 2.24. The molecule has 0 saturated carbocycles.